The number of rotatable bonds is 10. The fourth-order valence-electron chi connectivity index (χ4n) is 15.6. The molecule has 5 fully saturated rings. The number of carbonyl (C=O) groups is 6. The van der Waals surface area contributed by atoms with E-state index in [0.29, 0.717) is 78.9 Å². The number of allylic oxidation sites excluding steroid dienone is 5. The molecule has 8 nitrogen and oxygen atoms in total. The van der Waals surface area contributed by atoms with Crippen molar-refractivity contribution in [3.8, 4) is 0 Å². The zero-order valence-corrected chi connectivity index (χ0v) is 36.3. The third-order valence-corrected chi connectivity index (χ3v) is 18.1. The average Bonchev–Trinajstić information content (AvgIpc) is 3.76. The van der Waals surface area contributed by atoms with E-state index in [4.69, 9.17) is 9.47 Å². The lowest BCUT2D eigenvalue weighted by atomic mass is 9.46. The van der Waals surface area contributed by atoms with Crippen LogP contribution in [0.15, 0.2) is 35.5 Å². The average molecular weight is 799 g/mol. The van der Waals surface area contributed by atoms with E-state index in [2.05, 4.69) is 26.0 Å². The lowest BCUT2D eigenvalue weighted by molar-refractivity contribution is -0.142. The Morgan fingerprint density at radius 3 is 1.72 bits per heavy atom. The minimum Gasteiger partial charge on any atom is -0.466 e. The Hall–Kier alpha value is -3.16. The molecule has 0 bridgehead atoms. The van der Waals surface area contributed by atoms with E-state index in [-0.39, 0.29) is 51.2 Å². The van der Waals surface area contributed by atoms with Crippen LogP contribution in [0.2, 0.25) is 0 Å². The lowest BCUT2D eigenvalue weighted by Crippen LogP contribution is -2.52. The zero-order chi connectivity index (χ0) is 41.6. The maximum atomic E-state index is 12.6. The first-order chi connectivity index (χ1) is 27.6. The molecule has 0 aliphatic heterocycles. The number of esters is 2. The highest BCUT2D eigenvalue weighted by Gasteiger charge is 2.62. The monoisotopic (exact) mass is 799 g/mol. The maximum Gasteiger partial charge on any atom is 0.302 e. The van der Waals surface area contributed by atoms with Gasteiger partial charge in [0.25, 0.3) is 0 Å². The molecule has 8 heteroatoms. The topological polar surface area (TPSA) is 121 Å². The quantitative estimate of drug-likeness (QED) is 0.158. The Bertz CT molecular complexity index is 1770. The molecule has 0 spiro atoms. The predicted molar refractivity (Wildman–Crippen MR) is 222 cm³/mol. The van der Waals surface area contributed by atoms with Gasteiger partial charge in [0.05, 0.1) is 13.2 Å². The lowest BCUT2D eigenvalue weighted by Gasteiger charge is -2.59. The van der Waals surface area contributed by atoms with Gasteiger partial charge in [0, 0.05) is 38.5 Å². The van der Waals surface area contributed by atoms with Crippen LogP contribution < -0.4 is 0 Å². The second-order valence-electron chi connectivity index (χ2n) is 20.5. The molecule has 58 heavy (non-hydrogen) atoms. The summed E-state index contributed by atoms with van der Waals surface area (Å²) in [6.45, 7) is 12.1. The van der Waals surface area contributed by atoms with Crippen LogP contribution in [0.4, 0.5) is 0 Å². The zero-order valence-electron chi connectivity index (χ0n) is 36.3. The first kappa shape index (κ1) is 42.9. The summed E-state index contributed by atoms with van der Waals surface area (Å²) in [5, 5.41) is 0. The highest BCUT2D eigenvalue weighted by Crippen LogP contribution is 2.69. The van der Waals surface area contributed by atoms with E-state index in [9.17, 15) is 28.8 Å². The van der Waals surface area contributed by atoms with Crippen molar-refractivity contribution in [3.05, 3.63) is 35.5 Å². The van der Waals surface area contributed by atoms with Gasteiger partial charge < -0.3 is 9.47 Å². The summed E-state index contributed by atoms with van der Waals surface area (Å²) >= 11 is 0. The maximum absolute atomic E-state index is 12.6. The summed E-state index contributed by atoms with van der Waals surface area (Å²) < 4.78 is 10.4. The number of ketones is 4. The second kappa shape index (κ2) is 16.7. The van der Waals surface area contributed by atoms with Gasteiger partial charge in [-0.05, 0) is 191 Å². The van der Waals surface area contributed by atoms with Gasteiger partial charge in [-0.3, -0.25) is 28.8 Å². The summed E-state index contributed by atoms with van der Waals surface area (Å²) in [7, 11) is 0. The fraction of sp³-hybridized carbons (Fsp3) is 0.760. The third kappa shape index (κ3) is 7.58. The highest BCUT2D eigenvalue weighted by atomic mass is 16.5. The van der Waals surface area contributed by atoms with Gasteiger partial charge >= 0.3 is 11.9 Å². The standard InChI is InChI=1S/C25H36O4.C25H34O4/c2*1-16(26)21-7-8-23-20-6-5-18-15-19(28)9-12-24(18,3)22(20)10-13-25(21,23)11-4-14-29-17(2)27/h15,20-23H,4-14H2,1-3H3;5-6,15,20-23H,4,7-14H2,1-3H3/t2*20-,21-,22-,23+,24-,25-/m11/s1. The molecule has 318 valence electrons. The summed E-state index contributed by atoms with van der Waals surface area (Å²) in [6.07, 6.45) is 26.3. The summed E-state index contributed by atoms with van der Waals surface area (Å²) in [6, 6.07) is 0. The van der Waals surface area contributed by atoms with Crippen molar-refractivity contribution in [1.82, 2.24) is 0 Å². The summed E-state index contributed by atoms with van der Waals surface area (Å²) in [5.74, 6) is 4.57. The van der Waals surface area contributed by atoms with E-state index in [0.717, 1.165) is 89.9 Å². The SMILES string of the molecule is CC(=O)OCCC[C@]12CC[C@@H]3[C@@H](C=CC4=CC(=O)CC[C@]43C)[C@@H]1CC[C@@H]2C(C)=O.CC(=O)OCCC[C@]12CC[C@@H]3[C@@H](CCC4=CC(=O)CC[C@]43C)[C@@H]1CC[C@@H]2C(C)=O. The molecule has 8 rings (SSSR count). The van der Waals surface area contributed by atoms with Crippen LogP contribution in [-0.4, -0.2) is 48.3 Å². The van der Waals surface area contributed by atoms with E-state index in [1.54, 1.807) is 13.8 Å². The molecule has 0 radical (unpaired) electrons. The van der Waals surface area contributed by atoms with Gasteiger partial charge in [0.1, 0.15) is 11.6 Å². The minimum atomic E-state index is -0.230. The molecular weight excluding hydrogens is 729 g/mol. The predicted octanol–water partition coefficient (Wildman–Crippen LogP) is 9.87. The van der Waals surface area contributed by atoms with Gasteiger partial charge in [-0.15, -0.1) is 0 Å². The Balaban J connectivity index is 0.000000177. The van der Waals surface area contributed by atoms with Gasteiger partial charge in [-0.2, -0.15) is 0 Å². The van der Waals surface area contributed by atoms with Gasteiger partial charge in [0.15, 0.2) is 11.6 Å². The molecule has 0 aromatic heterocycles. The molecule has 8 aliphatic rings. The van der Waals surface area contributed by atoms with Crippen molar-refractivity contribution < 1.29 is 38.2 Å². The van der Waals surface area contributed by atoms with Crippen LogP contribution in [0.5, 0.6) is 0 Å². The second-order valence-corrected chi connectivity index (χ2v) is 20.5. The smallest absolute Gasteiger partial charge is 0.302 e. The summed E-state index contributed by atoms with van der Waals surface area (Å²) in [4.78, 5) is 71.5. The molecule has 12 atom stereocenters. The van der Waals surface area contributed by atoms with Crippen LogP contribution in [-0.2, 0) is 38.2 Å². The van der Waals surface area contributed by atoms with Crippen molar-refractivity contribution in [1.29, 1.82) is 0 Å². The Morgan fingerprint density at radius 2 is 1.14 bits per heavy atom. The molecular formula is C50H70O8. The molecule has 0 amide bonds. The Morgan fingerprint density at radius 1 is 0.603 bits per heavy atom. The van der Waals surface area contributed by atoms with Crippen molar-refractivity contribution in [2.45, 2.75) is 157 Å². The van der Waals surface area contributed by atoms with Crippen LogP contribution in [0.25, 0.3) is 0 Å². The van der Waals surface area contributed by atoms with Gasteiger partial charge in [-0.1, -0.05) is 31.6 Å². The van der Waals surface area contributed by atoms with Crippen LogP contribution in [0, 0.1) is 69.0 Å². The van der Waals surface area contributed by atoms with E-state index in [1.165, 1.54) is 37.8 Å². The molecule has 0 aromatic rings. The molecule has 0 aromatic carbocycles. The normalized spacial score (nSPS) is 40.8. The van der Waals surface area contributed by atoms with Crippen LogP contribution >= 0.6 is 0 Å². The first-order valence-electron chi connectivity index (χ1n) is 23.0. The molecule has 0 N–H and O–H groups in total. The number of Topliss-reactive ketones (excluding diaryl/α,β-unsaturated/α-hetero) is 2. The van der Waals surface area contributed by atoms with Crippen LogP contribution in [0.3, 0.4) is 0 Å². The largest absolute Gasteiger partial charge is 0.466 e. The molecule has 0 saturated heterocycles. The Kier molecular flexibility index (Phi) is 12.4. The number of carbonyl (C=O) groups excluding carboxylic acids is 6. The number of hydrogen-bond donors (Lipinski definition) is 0. The van der Waals surface area contributed by atoms with Crippen molar-refractivity contribution in [2.75, 3.05) is 13.2 Å². The van der Waals surface area contributed by atoms with Crippen LogP contribution in [0.1, 0.15) is 157 Å². The van der Waals surface area contributed by atoms with E-state index < -0.39 is 0 Å². The highest BCUT2D eigenvalue weighted by molar-refractivity contribution is 5.92. The number of ether oxygens (including phenoxy) is 2. The van der Waals surface area contributed by atoms with Gasteiger partial charge in [-0.25, -0.2) is 0 Å². The van der Waals surface area contributed by atoms with Crippen molar-refractivity contribution in [2.24, 2.45) is 69.0 Å². The van der Waals surface area contributed by atoms with Crippen molar-refractivity contribution >= 4 is 35.1 Å². The fourth-order valence-corrected chi connectivity index (χ4v) is 15.6. The molecule has 0 unspecified atom stereocenters. The Labute approximate surface area is 347 Å². The number of fused-ring (bicyclic) bond motifs is 10. The number of hydrogen-bond acceptors (Lipinski definition) is 8. The van der Waals surface area contributed by atoms with Crippen molar-refractivity contribution in [3.63, 3.8) is 0 Å². The third-order valence-electron chi connectivity index (χ3n) is 18.1. The molecule has 0 heterocycles. The van der Waals surface area contributed by atoms with E-state index >= 15 is 0 Å². The van der Waals surface area contributed by atoms with E-state index in [1.807, 2.05) is 12.2 Å². The first-order valence-corrected chi connectivity index (χ1v) is 23.0. The molecule has 8 aliphatic carbocycles. The van der Waals surface area contributed by atoms with Gasteiger partial charge in [0.2, 0.25) is 0 Å². The summed E-state index contributed by atoms with van der Waals surface area (Å²) in [5.41, 5.74) is 3.02. The minimum absolute atomic E-state index is 0.0412. The molecule has 5 saturated carbocycles.